The molecule has 0 amide bonds. The highest BCUT2D eigenvalue weighted by atomic mass is 32.1. The lowest BCUT2D eigenvalue weighted by molar-refractivity contribution is 0.245. The molecule has 0 saturated carbocycles. The summed E-state index contributed by atoms with van der Waals surface area (Å²) in [7, 11) is 0. The first kappa shape index (κ1) is 13.5. The summed E-state index contributed by atoms with van der Waals surface area (Å²) in [6, 6.07) is 0. The minimum Gasteiger partial charge on any atom is -0.484 e. The van der Waals surface area contributed by atoms with Crippen molar-refractivity contribution in [1.29, 1.82) is 0 Å². The first-order valence-corrected chi connectivity index (χ1v) is 7.55. The van der Waals surface area contributed by atoms with Gasteiger partial charge >= 0.3 is 0 Å². The van der Waals surface area contributed by atoms with Crippen molar-refractivity contribution in [2.24, 2.45) is 5.92 Å². The summed E-state index contributed by atoms with van der Waals surface area (Å²) in [4.78, 5) is 2.38. The fraction of sp³-hybridized carbons (Fsp3) is 0.769. The van der Waals surface area contributed by atoms with Crippen LogP contribution in [0.25, 0.3) is 0 Å². The molecule has 1 aliphatic rings. The van der Waals surface area contributed by atoms with E-state index in [1.807, 2.05) is 13.8 Å². The molecule has 0 aromatic carbocycles. The van der Waals surface area contributed by atoms with Gasteiger partial charge in [-0.2, -0.15) is 4.37 Å². The highest BCUT2D eigenvalue weighted by Gasteiger charge is 2.27. The van der Waals surface area contributed by atoms with Crippen LogP contribution in [0.2, 0.25) is 0 Å². The minimum atomic E-state index is 0.136. The molecule has 1 fully saturated rings. The van der Waals surface area contributed by atoms with Gasteiger partial charge in [-0.25, -0.2) is 0 Å². The van der Waals surface area contributed by atoms with Crippen molar-refractivity contribution in [3.05, 3.63) is 0 Å². The van der Waals surface area contributed by atoms with E-state index in [2.05, 4.69) is 16.2 Å². The number of nitrogen functional groups attached to an aromatic ring is 1. The molecule has 1 aromatic heterocycles. The van der Waals surface area contributed by atoms with Gasteiger partial charge in [0.1, 0.15) is 0 Å². The van der Waals surface area contributed by atoms with E-state index < -0.39 is 0 Å². The van der Waals surface area contributed by atoms with Gasteiger partial charge in [0.25, 0.3) is 0 Å². The Labute approximate surface area is 113 Å². The molecule has 0 bridgehead atoms. The molecule has 18 heavy (non-hydrogen) atoms. The molecule has 1 unspecified atom stereocenters. The van der Waals surface area contributed by atoms with Gasteiger partial charge in [-0.05, 0) is 44.1 Å². The molecular formula is C13H23N3OS. The zero-order valence-electron chi connectivity index (χ0n) is 11.5. The first-order valence-electron chi connectivity index (χ1n) is 6.78. The van der Waals surface area contributed by atoms with E-state index in [4.69, 9.17) is 10.5 Å². The first-order chi connectivity index (χ1) is 8.61. The van der Waals surface area contributed by atoms with E-state index in [9.17, 15) is 0 Å². The fourth-order valence-electron chi connectivity index (χ4n) is 2.49. The minimum absolute atomic E-state index is 0.136. The van der Waals surface area contributed by atoms with E-state index in [1.54, 1.807) is 0 Å². The Bertz CT molecular complexity index is 392. The Morgan fingerprint density at radius 2 is 2.33 bits per heavy atom. The van der Waals surface area contributed by atoms with Crippen LogP contribution in [0.15, 0.2) is 0 Å². The molecule has 1 saturated heterocycles. The van der Waals surface area contributed by atoms with Crippen molar-refractivity contribution in [2.45, 2.75) is 46.1 Å². The van der Waals surface area contributed by atoms with Crippen LogP contribution in [0.3, 0.4) is 0 Å². The van der Waals surface area contributed by atoms with Crippen molar-refractivity contribution < 1.29 is 4.74 Å². The van der Waals surface area contributed by atoms with Gasteiger partial charge in [0, 0.05) is 13.1 Å². The maximum Gasteiger partial charge on any atom is 0.198 e. The Hall–Kier alpha value is -0.970. The molecule has 2 heterocycles. The molecule has 5 heteroatoms. The molecule has 1 aromatic rings. The van der Waals surface area contributed by atoms with Crippen LogP contribution in [0.5, 0.6) is 5.75 Å². The number of anilines is 2. The van der Waals surface area contributed by atoms with Crippen LogP contribution in [-0.4, -0.2) is 23.6 Å². The highest BCUT2D eigenvalue weighted by molar-refractivity contribution is 7.11. The highest BCUT2D eigenvalue weighted by Crippen LogP contribution is 2.41. The molecule has 0 spiro atoms. The van der Waals surface area contributed by atoms with Crippen LogP contribution in [0.1, 0.15) is 40.0 Å². The van der Waals surface area contributed by atoms with E-state index in [0.717, 1.165) is 29.8 Å². The molecule has 0 radical (unpaired) electrons. The summed E-state index contributed by atoms with van der Waals surface area (Å²) >= 11 is 1.46. The summed E-state index contributed by atoms with van der Waals surface area (Å²) < 4.78 is 10.0. The third-order valence-electron chi connectivity index (χ3n) is 3.28. The molecule has 4 nitrogen and oxygen atoms in total. The quantitative estimate of drug-likeness (QED) is 0.892. The van der Waals surface area contributed by atoms with Crippen molar-refractivity contribution in [1.82, 2.24) is 4.37 Å². The van der Waals surface area contributed by atoms with Crippen LogP contribution >= 0.6 is 11.5 Å². The third kappa shape index (κ3) is 2.88. The summed E-state index contributed by atoms with van der Waals surface area (Å²) in [5.41, 5.74) is 5.90. The molecule has 0 aliphatic carbocycles. The number of hydrogen-bond acceptors (Lipinski definition) is 5. The average molecular weight is 269 g/mol. The molecule has 2 N–H and O–H groups in total. The monoisotopic (exact) mass is 269 g/mol. The number of nitrogens with two attached hydrogens (primary N) is 1. The summed E-state index contributed by atoms with van der Waals surface area (Å²) in [5, 5.41) is 1.11. The fourth-order valence-corrected chi connectivity index (χ4v) is 3.28. The van der Waals surface area contributed by atoms with Crippen molar-refractivity contribution in [3.63, 3.8) is 0 Å². The molecule has 102 valence electrons. The van der Waals surface area contributed by atoms with Gasteiger partial charge in [-0.3, -0.25) is 0 Å². The summed E-state index contributed by atoms with van der Waals surface area (Å²) in [6.07, 6.45) is 3.98. The van der Waals surface area contributed by atoms with Gasteiger partial charge < -0.3 is 15.4 Å². The second-order valence-electron chi connectivity index (χ2n) is 5.26. The van der Waals surface area contributed by atoms with E-state index >= 15 is 0 Å². The van der Waals surface area contributed by atoms with E-state index in [-0.39, 0.29) is 6.10 Å². The number of hydrogen-bond donors (Lipinski definition) is 1. The van der Waals surface area contributed by atoms with Crippen LogP contribution in [0, 0.1) is 5.92 Å². The molecular weight excluding hydrogens is 246 g/mol. The molecule has 1 atom stereocenters. The Morgan fingerprint density at radius 1 is 1.56 bits per heavy atom. The van der Waals surface area contributed by atoms with Gasteiger partial charge in [0.15, 0.2) is 16.6 Å². The lowest BCUT2D eigenvalue weighted by Crippen LogP contribution is -2.20. The van der Waals surface area contributed by atoms with E-state index in [0.29, 0.717) is 5.82 Å². The topological polar surface area (TPSA) is 51.4 Å². The van der Waals surface area contributed by atoms with Gasteiger partial charge in [0.05, 0.1) is 6.10 Å². The zero-order chi connectivity index (χ0) is 13.1. The number of ether oxygens (including phenoxy) is 1. The van der Waals surface area contributed by atoms with Crippen LogP contribution in [0.4, 0.5) is 10.8 Å². The van der Waals surface area contributed by atoms with Crippen LogP contribution < -0.4 is 15.4 Å². The maximum atomic E-state index is 5.90. The second-order valence-corrected chi connectivity index (χ2v) is 6.01. The van der Waals surface area contributed by atoms with Crippen molar-refractivity contribution >= 4 is 22.4 Å². The Balaban J connectivity index is 2.09. The van der Waals surface area contributed by atoms with Gasteiger partial charge in [-0.15, -0.1) is 0 Å². The standard InChI is InChI=1S/C13H23N3OS/c1-4-5-10-6-7-16(8-10)13-11(17-9(2)3)12(14)15-18-13/h9-10H,4-8H2,1-3H3,(H2,14,15). The summed E-state index contributed by atoms with van der Waals surface area (Å²) in [6.45, 7) is 8.50. The lowest BCUT2D eigenvalue weighted by Gasteiger charge is -2.19. The predicted molar refractivity (Wildman–Crippen MR) is 77.5 cm³/mol. The van der Waals surface area contributed by atoms with Crippen molar-refractivity contribution in [2.75, 3.05) is 23.7 Å². The molecule has 1 aliphatic heterocycles. The number of rotatable bonds is 5. The zero-order valence-corrected chi connectivity index (χ0v) is 12.3. The van der Waals surface area contributed by atoms with Gasteiger partial charge in [0.2, 0.25) is 0 Å². The second kappa shape index (κ2) is 5.78. The smallest absolute Gasteiger partial charge is 0.198 e. The summed E-state index contributed by atoms with van der Waals surface area (Å²) in [5.74, 6) is 2.13. The Morgan fingerprint density at radius 3 is 3.00 bits per heavy atom. The van der Waals surface area contributed by atoms with Gasteiger partial charge in [-0.1, -0.05) is 13.3 Å². The number of aromatic nitrogens is 1. The lowest BCUT2D eigenvalue weighted by atomic mass is 10.0. The largest absolute Gasteiger partial charge is 0.484 e. The van der Waals surface area contributed by atoms with Crippen LogP contribution in [-0.2, 0) is 0 Å². The normalized spacial score (nSPS) is 19.8. The number of nitrogens with zero attached hydrogens (tertiary/aromatic N) is 2. The third-order valence-corrected chi connectivity index (χ3v) is 4.19. The average Bonchev–Trinajstić information content (AvgIpc) is 2.88. The van der Waals surface area contributed by atoms with Crippen molar-refractivity contribution in [3.8, 4) is 5.75 Å². The van der Waals surface area contributed by atoms with E-state index in [1.165, 1.54) is 30.8 Å². The SMILES string of the molecule is CCCC1CCN(c2snc(N)c2OC(C)C)C1. The maximum absolute atomic E-state index is 5.90. The Kier molecular flexibility index (Phi) is 4.32. The predicted octanol–water partition coefficient (Wildman–Crippen LogP) is 3.14. The molecule has 2 rings (SSSR count).